The standard InChI is InChI=1S/C40H51N3O8/c44-36(35(24-28-7-2-1-3-8-28)41-40(47)51-33-10-6-19-49-27-33)26-31(39(46)42-38-34-11-5-4-9-30(34)25-37(38)45)23-29-12-14-32(15-13-29)50-22-18-43-16-20-48-21-17-43/h1-5,7-9,11-15,31,33,35-38,44-45H,6,10,16-27H2,(H,41,47)(H,42,46)/t31-,33?,35+,36+,37-,38+/m1/s1. The van der Waals surface area contributed by atoms with Crippen molar-refractivity contribution >= 4 is 12.0 Å². The number of alkyl carbamates (subject to hydrolysis) is 1. The third kappa shape index (κ3) is 10.8. The Kier molecular flexibility index (Phi) is 13.3. The van der Waals surface area contributed by atoms with Crippen molar-refractivity contribution in [3.05, 3.63) is 101 Å². The van der Waals surface area contributed by atoms with Crippen LogP contribution in [-0.4, -0.2) is 104 Å². The number of rotatable bonds is 15. The number of morpholine rings is 1. The first-order valence-electron chi connectivity index (χ1n) is 18.3. The monoisotopic (exact) mass is 701 g/mol. The number of hydrogen-bond acceptors (Lipinski definition) is 9. The summed E-state index contributed by atoms with van der Waals surface area (Å²) in [6.45, 7) is 5.67. The molecule has 3 aliphatic rings. The zero-order valence-electron chi connectivity index (χ0n) is 29.2. The van der Waals surface area contributed by atoms with Crippen LogP contribution >= 0.6 is 0 Å². The third-order valence-electron chi connectivity index (χ3n) is 10.0. The molecule has 11 heteroatoms. The van der Waals surface area contributed by atoms with Crippen molar-refractivity contribution in [3.63, 3.8) is 0 Å². The fourth-order valence-corrected chi connectivity index (χ4v) is 7.17. The highest BCUT2D eigenvalue weighted by atomic mass is 16.6. The maximum atomic E-state index is 14.1. The number of ether oxygens (including phenoxy) is 4. The van der Waals surface area contributed by atoms with Gasteiger partial charge in [0.2, 0.25) is 5.91 Å². The van der Waals surface area contributed by atoms with Crippen LogP contribution in [0.15, 0.2) is 78.9 Å². The molecule has 3 aromatic carbocycles. The van der Waals surface area contributed by atoms with Gasteiger partial charge in [-0.25, -0.2) is 4.79 Å². The van der Waals surface area contributed by atoms with Gasteiger partial charge in [0.25, 0.3) is 0 Å². The van der Waals surface area contributed by atoms with Crippen molar-refractivity contribution < 1.29 is 38.7 Å². The van der Waals surface area contributed by atoms with Gasteiger partial charge in [-0.1, -0.05) is 66.7 Å². The average Bonchev–Trinajstić information content (AvgIpc) is 3.47. The molecule has 3 aromatic rings. The molecule has 2 heterocycles. The predicted octanol–water partition coefficient (Wildman–Crippen LogP) is 3.60. The van der Waals surface area contributed by atoms with Crippen LogP contribution in [0.25, 0.3) is 0 Å². The van der Waals surface area contributed by atoms with Crippen LogP contribution < -0.4 is 15.4 Å². The Bertz CT molecular complexity index is 1530. The lowest BCUT2D eigenvalue weighted by Gasteiger charge is -2.29. The number of carbonyl (C=O) groups is 2. The Morgan fingerprint density at radius 1 is 0.902 bits per heavy atom. The van der Waals surface area contributed by atoms with Gasteiger partial charge in [-0.15, -0.1) is 0 Å². The number of aliphatic hydroxyl groups excluding tert-OH is 2. The Labute approximate surface area is 300 Å². The van der Waals surface area contributed by atoms with Crippen LogP contribution in [0.4, 0.5) is 4.79 Å². The lowest BCUT2D eigenvalue weighted by molar-refractivity contribution is -0.127. The van der Waals surface area contributed by atoms with Crippen LogP contribution in [0, 0.1) is 5.92 Å². The largest absolute Gasteiger partial charge is 0.492 e. The Morgan fingerprint density at radius 2 is 1.65 bits per heavy atom. The van der Waals surface area contributed by atoms with Gasteiger partial charge in [0.05, 0.1) is 44.1 Å². The fraction of sp³-hybridized carbons (Fsp3) is 0.500. The van der Waals surface area contributed by atoms with Crippen molar-refractivity contribution in [2.24, 2.45) is 5.92 Å². The second kappa shape index (κ2) is 18.5. The van der Waals surface area contributed by atoms with Crippen LogP contribution in [0.5, 0.6) is 5.75 Å². The second-order valence-electron chi connectivity index (χ2n) is 13.8. The van der Waals surface area contributed by atoms with E-state index in [9.17, 15) is 19.8 Å². The molecule has 0 radical (unpaired) electrons. The van der Waals surface area contributed by atoms with Crippen molar-refractivity contribution in [2.75, 3.05) is 52.7 Å². The quantitative estimate of drug-likeness (QED) is 0.187. The minimum atomic E-state index is -1.08. The summed E-state index contributed by atoms with van der Waals surface area (Å²) >= 11 is 0. The van der Waals surface area contributed by atoms with Gasteiger partial charge in [0.1, 0.15) is 18.5 Å². The molecule has 2 aliphatic heterocycles. The number of nitrogens with zero attached hydrogens (tertiary/aromatic N) is 1. The van der Waals surface area contributed by atoms with Gasteiger partial charge in [-0.3, -0.25) is 9.69 Å². The highest BCUT2D eigenvalue weighted by molar-refractivity contribution is 5.80. The van der Waals surface area contributed by atoms with E-state index in [1.807, 2.05) is 78.9 Å². The summed E-state index contributed by atoms with van der Waals surface area (Å²) in [5.74, 6) is -0.204. The molecule has 0 bridgehead atoms. The topological polar surface area (TPSA) is 139 Å². The van der Waals surface area contributed by atoms with E-state index in [1.165, 1.54) is 0 Å². The number of fused-ring (bicyclic) bond motifs is 1. The molecule has 1 aliphatic carbocycles. The minimum absolute atomic E-state index is 0.0679. The summed E-state index contributed by atoms with van der Waals surface area (Å²) in [7, 11) is 0. The molecule has 6 rings (SSSR count). The van der Waals surface area contributed by atoms with Crippen molar-refractivity contribution in [1.29, 1.82) is 0 Å². The predicted molar refractivity (Wildman–Crippen MR) is 191 cm³/mol. The van der Waals surface area contributed by atoms with E-state index in [0.29, 0.717) is 39.1 Å². The molecular formula is C40H51N3O8. The van der Waals surface area contributed by atoms with Crippen LogP contribution in [0.2, 0.25) is 0 Å². The molecule has 11 nitrogen and oxygen atoms in total. The van der Waals surface area contributed by atoms with Gasteiger partial charge in [-0.05, 0) is 66.5 Å². The third-order valence-corrected chi connectivity index (χ3v) is 10.0. The van der Waals surface area contributed by atoms with Gasteiger partial charge >= 0.3 is 6.09 Å². The van der Waals surface area contributed by atoms with Gasteiger partial charge in [0.15, 0.2) is 0 Å². The number of aliphatic hydroxyl groups is 2. The number of hydrogen-bond donors (Lipinski definition) is 4. The summed E-state index contributed by atoms with van der Waals surface area (Å²) in [5, 5.41) is 28.7. The number of benzene rings is 3. The first-order chi connectivity index (χ1) is 24.9. The smallest absolute Gasteiger partial charge is 0.407 e. The summed E-state index contributed by atoms with van der Waals surface area (Å²) in [6.07, 6.45) is -0.0723. The average molecular weight is 702 g/mol. The molecule has 2 saturated heterocycles. The van der Waals surface area contributed by atoms with Crippen LogP contribution in [0.3, 0.4) is 0 Å². The summed E-state index contributed by atoms with van der Waals surface area (Å²) < 4.78 is 22.6. The van der Waals surface area contributed by atoms with Crippen molar-refractivity contribution in [1.82, 2.24) is 15.5 Å². The molecule has 2 fully saturated rings. The van der Waals surface area contributed by atoms with Gasteiger partial charge in [0, 0.05) is 38.6 Å². The SMILES string of the molecule is O=C(N[C@@H](Cc1ccccc1)[C@@H](O)C[C@@H](Cc1ccc(OCCN2CCOCC2)cc1)C(=O)N[C@H]1c2ccccc2C[C@H]1O)OC1CCCOC1. The molecule has 4 N–H and O–H groups in total. The normalized spacial score (nSPS) is 22.3. The van der Waals surface area contributed by atoms with E-state index < -0.39 is 36.3 Å². The van der Waals surface area contributed by atoms with Crippen LogP contribution in [0.1, 0.15) is 47.6 Å². The van der Waals surface area contributed by atoms with E-state index >= 15 is 0 Å². The van der Waals surface area contributed by atoms with E-state index in [1.54, 1.807) is 0 Å². The maximum absolute atomic E-state index is 14.1. The summed E-state index contributed by atoms with van der Waals surface area (Å²) in [4.78, 5) is 29.5. The number of nitrogens with one attached hydrogen (secondary N) is 2. The minimum Gasteiger partial charge on any atom is -0.492 e. The molecule has 6 atom stereocenters. The van der Waals surface area contributed by atoms with E-state index in [-0.39, 0.29) is 18.4 Å². The number of amides is 2. The van der Waals surface area contributed by atoms with E-state index in [4.69, 9.17) is 18.9 Å². The van der Waals surface area contributed by atoms with E-state index in [2.05, 4.69) is 15.5 Å². The first kappa shape index (κ1) is 36.8. The molecule has 2 amide bonds. The first-order valence-corrected chi connectivity index (χ1v) is 18.3. The Balaban J connectivity index is 1.15. The highest BCUT2D eigenvalue weighted by Gasteiger charge is 2.35. The zero-order chi connectivity index (χ0) is 35.4. The maximum Gasteiger partial charge on any atom is 0.407 e. The fourth-order valence-electron chi connectivity index (χ4n) is 7.17. The summed E-state index contributed by atoms with van der Waals surface area (Å²) in [5.41, 5.74) is 3.73. The van der Waals surface area contributed by atoms with Crippen molar-refractivity contribution in [3.8, 4) is 5.75 Å². The second-order valence-corrected chi connectivity index (χ2v) is 13.8. The highest BCUT2D eigenvalue weighted by Crippen LogP contribution is 2.32. The molecule has 274 valence electrons. The Morgan fingerprint density at radius 3 is 2.41 bits per heavy atom. The molecule has 0 aromatic heterocycles. The molecule has 1 unspecified atom stereocenters. The molecule has 0 spiro atoms. The zero-order valence-corrected chi connectivity index (χ0v) is 29.2. The molecule has 0 saturated carbocycles. The lowest BCUT2D eigenvalue weighted by Crippen LogP contribution is -2.48. The van der Waals surface area contributed by atoms with Crippen LogP contribution in [-0.2, 0) is 38.3 Å². The van der Waals surface area contributed by atoms with Gasteiger partial charge < -0.3 is 39.8 Å². The van der Waals surface area contributed by atoms with Gasteiger partial charge in [-0.2, -0.15) is 0 Å². The number of carbonyl (C=O) groups excluding carboxylic acids is 2. The van der Waals surface area contributed by atoms with Crippen molar-refractivity contribution in [2.45, 2.75) is 68.9 Å². The molecular weight excluding hydrogens is 650 g/mol. The molecule has 51 heavy (non-hydrogen) atoms. The summed E-state index contributed by atoms with van der Waals surface area (Å²) in [6, 6.07) is 23.8. The lowest BCUT2D eigenvalue weighted by atomic mass is 9.88. The van der Waals surface area contributed by atoms with E-state index in [0.717, 1.165) is 73.7 Å². The Hall–Kier alpha value is -4.00.